The second kappa shape index (κ2) is 4.83. The van der Waals surface area contributed by atoms with Crippen LogP contribution in [-0.2, 0) is 11.2 Å². The fourth-order valence-corrected chi connectivity index (χ4v) is 1.52. The van der Waals surface area contributed by atoms with Crippen molar-refractivity contribution in [3.05, 3.63) is 28.5 Å². The molecule has 0 bridgehead atoms. The van der Waals surface area contributed by atoms with Gasteiger partial charge in [-0.3, -0.25) is 0 Å². The Morgan fingerprint density at radius 3 is 2.59 bits per heavy atom. The summed E-state index contributed by atoms with van der Waals surface area (Å²) in [6.45, 7) is 0. The first-order valence-corrected chi connectivity index (χ1v) is 4.79. The minimum absolute atomic E-state index is 0.112. The van der Waals surface area contributed by atoms with Crippen LogP contribution in [0.4, 0.5) is 13.2 Å². The first-order valence-electron chi connectivity index (χ1n) is 4.41. The Hall–Kier alpha value is -1.43. The molecule has 0 fully saturated rings. The highest BCUT2D eigenvalue weighted by Crippen LogP contribution is 2.31. The van der Waals surface area contributed by atoms with Gasteiger partial charge in [0.2, 0.25) is 0 Å². The second-order valence-corrected chi connectivity index (χ2v) is 3.70. The number of halogens is 4. The van der Waals surface area contributed by atoms with E-state index in [1.54, 1.807) is 0 Å². The van der Waals surface area contributed by atoms with E-state index in [0.717, 1.165) is 19.2 Å². The molecule has 7 heteroatoms. The monoisotopic (exact) mass is 268 g/mol. The van der Waals surface area contributed by atoms with Crippen LogP contribution in [-0.4, -0.2) is 24.1 Å². The zero-order valence-electron chi connectivity index (χ0n) is 8.64. The molecule has 0 heterocycles. The van der Waals surface area contributed by atoms with Crippen molar-refractivity contribution in [3.8, 4) is 5.75 Å². The van der Waals surface area contributed by atoms with E-state index >= 15 is 0 Å². The van der Waals surface area contributed by atoms with Crippen LogP contribution in [0.1, 0.15) is 5.56 Å². The van der Waals surface area contributed by atoms with Gasteiger partial charge in [0.25, 0.3) is 0 Å². The number of benzene rings is 1. The number of alkyl halides is 2. The molecule has 0 aliphatic carbocycles. The maximum Gasteiger partial charge on any atom is 0.374 e. The van der Waals surface area contributed by atoms with Crippen LogP contribution in [0, 0.1) is 5.82 Å². The van der Waals surface area contributed by atoms with Crippen LogP contribution in [0.5, 0.6) is 5.75 Å². The average molecular weight is 269 g/mol. The maximum atomic E-state index is 13.3. The summed E-state index contributed by atoms with van der Waals surface area (Å²) in [5.74, 6) is -7.66. The summed E-state index contributed by atoms with van der Waals surface area (Å²) in [5, 5.41) is 8.18. The molecule has 1 aromatic carbocycles. The molecule has 94 valence electrons. The van der Waals surface area contributed by atoms with Gasteiger partial charge in [0, 0.05) is 10.6 Å². The third kappa shape index (κ3) is 3.03. The van der Waals surface area contributed by atoms with Crippen molar-refractivity contribution >= 4 is 17.6 Å². The number of hydrogen-bond acceptors (Lipinski definition) is 2. The van der Waals surface area contributed by atoms with E-state index in [1.165, 1.54) is 0 Å². The minimum Gasteiger partial charge on any atom is -0.493 e. The largest absolute Gasteiger partial charge is 0.493 e. The molecule has 0 unspecified atom stereocenters. The number of carbonyl (C=O) groups is 1. The van der Waals surface area contributed by atoms with Gasteiger partial charge < -0.3 is 9.84 Å². The van der Waals surface area contributed by atoms with E-state index in [4.69, 9.17) is 16.7 Å². The Labute approximate surface area is 99.8 Å². The lowest BCUT2D eigenvalue weighted by molar-refractivity contribution is -0.164. The van der Waals surface area contributed by atoms with E-state index in [0.29, 0.717) is 0 Å². The molecule has 0 aromatic heterocycles. The highest BCUT2D eigenvalue weighted by molar-refractivity contribution is 6.30. The van der Waals surface area contributed by atoms with Gasteiger partial charge in [-0.2, -0.15) is 8.78 Å². The normalized spacial score (nSPS) is 11.4. The summed E-state index contributed by atoms with van der Waals surface area (Å²) in [4.78, 5) is 10.3. The van der Waals surface area contributed by atoms with Crippen molar-refractivity contribution in [2.45, 2.75) is 12.3 Å². The number of aliphatic carboxylic acids is 1. The van der Waals surface area contributed by atoms with Crippen LogP contribution in [0.2, 0.25) is 5.02 Å². The molecule has 0 saturated heterocycles. The van der Waals surface area contributed by atoms with Crippen LogP contribution in [0.25, 0.3) is 0 Å². The van der Waals surface area contributed by atoms with Gasteiger partial charge in [0.15, 0.2) is 11.6 Å². The molecular formula is C10H8ClF3O3. The quantitative estimate of drug-likeness (QED) is 0.913. The number of carboxylic acid groups (broad SMARTS) is 1. The number of carboxylic acids is 1. The summed E-state index contributed by atoms with van der Waals surface area (Å²) in [6, 6.07) is 1.93. The fraction of sp³-hybridized carbons (Fsp3) is 0.300. The number of hydrogen-bond donors (Lipinski definition) is 1. The van der Waals surface area contributed by atoms with Crippen LogP contribution in [0.15, 0.2) is 12.1 Å². The predicted octanol–water partition coefficient (Wildman–Crippen LogP) is 2.75. The SMILES string of the molecule is COc1c(F)cc(Cl)cc1CC(F)(F)C(=O)O. The maximum absolute atomic E-state index is 13.3. The first kappa shape index (κ1) is 13.6. The van der Waals surface area contributed by atoms with Gasteiger partial charge in [-0.15, -0.1) is 0 Å². The third-order valence-corrected chi connectivity index (χ3v) is 2.23. The molecule has 0 amide bonds. The lowest BCUT2D eigenvalue weighted by atomic mass is 10.1. The Bertz CT molecular complexity index is 449. The molecule has 0 spiro atoms. The van der Waals surface area contributed by atoms with Crippen molar-refractivity contribution in [1.29, 1.82) is 0 Å². The van der Waals surface area contributed by atoms with E-state index in [9.17, 15) is 18.0 Å². The van der Waals surface area contributed by atoms with Crippen molar-refractivity contribution in [2.75, 3.05) is 7.11 Å². The predicted molar refractivity (Wildman–Crippen MR) is 54.2 cm³/mol. The number of ether oxygens (including phenoxy) is 1. The smallest absolute Gasteiger partial charge is 0.374 e. The summed E-state index contributed by atoms with van der Waals surface area (Å²) < 4.78 is 43.9. The zero-order chi connectivity index (χ0) is 13.2. The van der Waals surface area contributed by atoms with Crippen molar-refractivity contribution in [3.63, 3.8) is 0 Å². The lowest BCUT2D eigenvalue weighted by Crippen LogP contribution is -2.30. The number of rotatable bonds is 4. The van der Waals surface area contributed by atoms with Gasteiger partial charge in [-0.1, -0.05) is 11.6 Å². The molecule has 0 aliphatic rings. The molecule has 17 heavy (non-hydrogen) atoms. The van der Waals surface area contributed by atoms with Crippen molar-refractivity contribution in [1.82, 2.24) is 0 Å². The molecule has 1 aromatic rings. The van der Waals surface area contributed by atoms with Gasteiger partial charge >= 0.3 is 11.9 Å². The van der Waals surface area contributed by atoms with Gasteiger partial charge in [-0.05, 0) is 12.1 Å². The molecule has 1 rings (SSSR count). The lowest BCUT2D eigenvalue weighted by Gasteiger charge is -2.14. The standard InChI is InChI=1S/C10H8ClF3O3/c1-17-8-5(2-6(11)3-7(8)12)4-10(13,14)9(15)16/h2-3H,4H2,1H3,(H,15,16). The van der Waals surface area contributed by atoms with Gasteiger partial charge in [-0.25, -0.2) is 9.18 Å². The Kier molecular flexibility index (Phi) is 3.87. The fourth-order valence-electron chi connectivity index (χ4n) is 1.29. The van der Waals surface area contributed by atoms with E-state index < -0.39 is 29.9 Å². The Morgan fingerprint density at radius 2 is 2.12 bits per heavy atom. The molecule has 3 nitrogen and oxygen atoms in total. The Balaban J connectivity index is 3.18. The highest BCUT2D eigenvalue weighted by atomic mass is 35.5. The van der Waals surface area contributed by atoms with Crippen LogP contribution in [0.3, 0.4) is 0 Å². The van der Waals surface area contributed by atoms with Crippen molar-refractivity contribution in [2.24, 2.45) is 0 Å². The summed E-state index contributed by atoms with van der Waals surface area (Å²) in [7, 11) is 1.09. The molecule has 0 aliphatic heterocycles. The second-order valence-electron chi connectivity index (χ2n) is 3.27. The van der Waals surface area contributed by atoms with E-state index in [1.807, 2.05) is 0 Å². The first-order chi connectivity index (χ1) is 7.77. The molecule has 1 N–H and O–H groups in total. The third-order valence-electron chi connectivity index (χ3n) is 2.01. The topological polar surface area (TPSA) is 46.5 Å². The van der Waals surface area contributed by atoms with Gasteiger partial charge in [0.05, 0.1) is 13.5 Å². The Morgan fingerprint density at radius 1 is 1.53 bits per heavy atom. The van der Waals surface area contributed by atoms with Crippen LogP contribution >= 0.6 is 11.6 Å². The summed E-state index contributed by atoms with van der Waals surface area (Å²) in [6.07, 6.45) is -1.19. The van der Waals surface area contributed by atoms with Gasteiger partial charge in [0.1, 0.15) is 0 Å². The molecule has 0 radical (unpaired) electrons. The summed E-state index contributed by atoms with van der Waals surface area (Å²) in [5.41, 5.74) is -0.301. The van der Waals surface area contributed by atoms with Crippen molar-refractivity contribution < 1.29 is 27.8 Å². The molecular weight excluding hydrogens is 261 g/mol. The number of methoxy groups -OCH3 is 1. The van der Waals surface area contributed by atoms with Crippen LogP contribution < -0.4 is 4.74 Å². The molecule has 0 saturated carbocycles. The average Bonchev–Trinajstić information content (AvgIpc) is 2.15. The summed E-state index contributed by atoms with van der Waals surface area (Å²) >= 11 is 5.50. The zero-order valence-corrected chi connectivity index (χ0v) is 9.39. The minimum atomic E-state index is -4.01. The molecule has 0 atom stereocenters. The highest BCUT2D eigenvalue weighted by Gasteiger charge is 2.40. The van der Waals surface area contributed by atoms with E-state index in [2.05, 4.69) is 4.74 Å². The van der Waals surface area contributed by atoms with E-state index in [-0.39, 0.29) is 10.6 Å².